The maximum Gasteiger partial charge on any atom is 0.101 e. The molecule has 0 spiro atoms. The summed E-state index contributed by atoms with van der Waals surface area (Å²) < 4.78 is 0. The summed E-state index contributed by atoms with van der Waals surface area (Å²) in [7, 11) is 0. The molecule has 1 saturated carbocycles. The normalized spacial score (nSPS) is 15.9. The van der Waals surface area contributed by atoms with Crippen LogP contribution in [-0.2, 0) is 0 Å². The SMILES string of the molecule is N#Cc1ccccc1NC(c1cccs1)C1CC1. The molecule has 1 atom stereocenters. The average Bonchev–Trinajstić information content (AvgIpc) is 3.11. The molecule has 0 saturated heterocycles. The molecule has 0 bridgehead atoms. The summed E-state index contributed by atoms with van der Waals surface area (Å²) in [4.78, 5) is 1.37. The van der Waals surface area contributed by atoms with Gasteiger partial charge in [-0.05, 0) is 42.3 Å². The van der Waals surface area contributed by atoms with Gasteiger partial charge in [0.2, 0.25) is 0 Å². The lowest BCUT2D eigenvalue weighted by Gasteiger charge is -2.19. The summed E-state index contributed by atoms with van der Waals surface area (Å²) in [5, 5.41) is 14.8. The van der Waals surface area contributed by atoms with Gasteiger partial charge in [-0.3, -0.25) is 0 Å². The Morgan fingerprint density at radius 1 is 1.22 bits per heavy atom. The van der Waals surface area contributed by atoms with E-state index in [1.807, 2.05) is 24.3 Å². The molecule has 2 nitrogen and oxygen atoms in total. The smallest absolute Gasteiger partial charge is 0.101 e. The highest BCUT2D eigenvalue weighted by molar-refractivity contribution is 7.10. The maximum absolute atomic E-state index is 9.13. The van der Waals surface area contributed by atoms with Crippen molar-refractivity contribution in [2.24, 2.45) is 5.92 Å². The van der Waals surface area contributed by atoms with Crippen LogP contribution in [0.15, 0.2) is 41.8 Å². The molecule has 2 aromatic rings. The van der Waals surface area contributed by atoms with Crippen LogP contribution in [-0.4, -0.2) is 0 Å². The van der Waals surface area contributed by atoms with Crippen molar-refractivity contribution < 1.29 is 0 Å². The van der Waals surface area contributed by atoms with Gasteiger partial charge in [-0.25, -0.2) is 0 Å². The number of anilines is 1. The Kier molecular flexibility index (Phi) is 3.04. The first-order valence-electron chi connectivity index (χ1n) is 6.17. The lowest BCUT2D eigenvalue weighted by molar-refractivity contribution is 0.691. The monoisotopic (exact) mass is 254 g/mol. The van der Waals surface area contributed by atoms with Gasteiger partial charge in [0.25, 0.3) is 0 Å². The molecule has 0 radical (unpaired) electrons. The quantitative estimate of drug-likeness (QED) is 0.888. The Hall–Kier alpha value is -1.79. The van der Waals surface area contributed by atoms with Gasteiger partial charge in [0.15, 0.2) is 0 Å². The molecular formula is C15H14N2S. The van der Waals surface area contributed by atoms with Crippen LogP contribution in [0, 0.1) is 17.2 Å². The maximum atomic E-state index is 9.13. The van der Waals surface area contributed by atoms with Crippen molar-refractivity contribution >= 4 is 17.0 Å². The van der Waals surface area contributed by atoms with Crippen LogP contribution in [0.25, 0.3) is 0 Å². The fraction of sp³-hybridized carbons (Fsp3) is 0.267. The molecule has 90 valence electrons. The van der Waals surface area contributed by atoms with E-state index < -0.39 is 0 Å². The van der Waals surface area contributed by atoms with E-state index in [2.05, 4.69) is 28.9 Å². The summed E-state index contributed by atoms with van der Waals surface area (Å²) >= 11 is 1.79. The highest BCUT2D eigenvalue weighted by atomic mass is 32.1. The molecule has 0 aliphatic heterocycles. The molecule has 1 heterocycles. The number of nitriles is 1. The molecule has 1 N–H and O–H groups in total. The second-order valence-corrected chi connectivity index (χ2v) is 5.61. The largest absolute Gasteiger partial charge is 0.376 e. The lowest BCUT2D eigenvalue weighted by atomic mass is 10.1. The standard InChI is InChI=1S/C15H14N2S/c16-10-12-4-1-2-5-13(12)17-15(11-7-8-11)14-6-3-9-18-14/h1-6,9,11,15,17H,7-8H2. The van der Waals surface area contributed by atoms with Gasteiger partial charge in [-0.1, -0.05) is 18.2 Å². The van der Waals surface area contributed by atoms with E-state index >= 15 is 0 Å². The highest BCUT2D eigenvalue weighted by Gasteiger charge is 2.33. The molecule has 0 amide bonds. The van der Waals surface area contributed by atoms with E-state index in [1.165, 1.54) is 17.7 Å². The number of nitrogens with one attached hydrogen (secondary N) is 1. The third-order valence-corrected chi connectivity index (χ3v) is 4.26. The van der Waals surface area contributed by atoms with Crippen LogP contribution in [0.1, 0.15) is 29.3 Å². The Bertz CT molecular complexity index is 564. The molecule has 3 heteroatoms. The summed E-state index contributed by atoms with van der Waals surface area (Å²) in [6.45, 7) is 0. The van der Waals surface area contributed by atoms with Crippen molar-refractivity contribution in [3.05, 3.63) is 52.2 Å². The molecular weight excluding hydrogens is 240 g/mol. The Morgan fingerprint density at radius 2 is 2.06 bits per heavy atom. The summed E-state index contributed by atoms with van der Waals surface area (Å²) in [6.07, 6.45) is 2.56. The Morgan fingerprint density at radius 3 is 2.72 bits per heavy atom. The number of hydrogen-bond acceptors (Lipinski definition) is 3. The van der Waals surface area contributed by atoms with Crippen LogP contribution in [0.3, 0.4) is 0 Å². The molecule has 3 rings (SSSR count). The Labute approximate surface area is 111 Å². The molecule has 1 aromatic carbocycles. The van der Waals surface area contributed by atoms with E-state index in [-0.39, 0.29) is 0 Å². The third-order valence-electron chi connectivity index (χ3n) is 3.30. The first-order valence-corrected chi connectivity index (χ1v) is 7.05. The molecule has 18 heavy (non-hydrogen) atoms. The van der Waals surface area contributed by atoms with E-state index in [9.17, 15) is 0 Å². The van der Waals surface area contributed by atoms with E-state index in [4.69, 9.17) is 5.26 Å². The minimum Gasteiger partial charge on any atom is -0.376 e. The van der Waals surface area contributed by atoms with Crippen LogP contribution in [0.2, 0.25) is 0 Å². The first kappa shape index (κ1) is 11.3. The molecule has 1 fully saturated rings. The van der Waals surface area contributed by atoms with Gasteiger partial charge in [0.1, 0.15) is 6.07 Å². The number of benzene rings is 1. The average molecular weight is 254 g/mol. The molecule has 1 aromatic heterocycles. The number of para-hydroxylation sites is 1. The van der Waals surface area contributed by atoms with Crippen LogP contribution in [0.4, 0.5) is 5.69 Å². The van der Waals surface area contributed by atoms with E-state index in [0.717, 1.165) is 17.2 Å². The zero-order valence-electron chi connectivity index (χ0n) is 9.97. The van der Waals surface area contributed by atoms with Crippen molar-refractivity contribution in [1.29, 1.82) is 5.26 Å². The summed E-state index contributed by atoms with van der Waals surface area (Å²) in [5.41, 5.74) is 1.67. The predicted molar refractivity (Wildman–Crippen MR) is 74.6 cm³/mol. The second kappa shape index (κ2) is 4.83. The van der Waals surface area contributed by atoms with Gasteiger partial charge in [-0.15, -0.1) is 11.3 Å². The zero-order chi connectivity index (χ0) is 12.4. The second-order valence-electron chi connectivity index (χ2n) is 4.63. The number of thiophene rings is 1. The van der Waals surface area contributed by atoms with Gasteiger partial charge in [0, 0.05) is 4.88 Å². The van der Waals surface area contributed by atoms with Crippen LogP contribution in [0.5, 0.6) is 0 Å². The first-order chi connectivity index (χ1) is 8.88. The fourth-order valence-corrected chi connectivity index (χ4v) is 3.06. The lowest BCUT2D eigenvalue weighted by Crippen LogP contribution is -2.12. The predicted octanol–water partition coefficient (Wildman–Crippen LogP) is 4.18. The topological polar surface area (TPSA) is 35.8 Å². The molecule has 1 aliphatic rings. The number of rotatable bonds is 4. The van der Waals surface area contributed by atoms with Crippen molar-refractivity contribution in [2.45, 2.75) is 18.9 Å². The van der Waals surface area contributed by atoms with Gasteiger partial charge >= 0.3 is 0 Å². The minimum atomic E-state index is 0.361. The van der Waals surface area contributed by atoms with E-state index in [0.29, 0.717) is 6.04 Å². The fourth-order valence-electron chi connectivity index (χ4n) is 2.19. The van der Waals surface area contributed by atoms with Gasteiger partial charge < -0.3 is 5.32 Å². The highest BCUT2D eigenvalue weighted by Crippen LogP contribution is 2.44. The van der Waals surface area contributed by atoms with Crippen molar-refractivity contribution in [1.82, 2.24) is 0 Å². The van der Waals surface area contributed by atoms with Crippen LogP contribution >= 0.6 is 11.3 Å². The van der Waals surface area contributed by atoms with Crippen molar-refractivity contribution in [3.8, 4) is 6.07 Å². The molecule has 1 aliphatic carbocycles. The van der Waals surface area contributed by atoms with Gasteiger partial charge in [0.05, 0.1) is 17.3 Å². The van der Waals surface area contributed by atoms with Crippen molar-refractivity contribution in [3.63, 3.8) is 0 Å². The summed E-state index contributed by atoms with van der Waals surface area (Å²) in [5.74, 6) is 0.718. The van der Waals surface area contributed by atoms with Gasteiger partial charge in [-0.2, -0.15) is 5.26 Å². The van der Waals surface area contributed by atoms with E-state index in [1.54, 1.807) is 11.3 Å². The van der Waals surface area contributed by atoms with Crippen molar-refractivity contribution in [2.75, 3.05) is 5.32 Å². The Balaban J connectivity index is 1.87. The summed E-state index contributed by atoms with van der Waals surface area (Å²) in [6, 6.07) is 14.6. The zero-order valence-corrected chi connectivity index (χ0v) is 10.8. The number of nitrogens with zero attached hydrogens (tertiary/aromatic N) is 1. The number of hydrogen-bond donors (Lipinski definition) is 1. The molecule has 1 unspecified atom stereocenters. The third kappa shape index (κ3) is 2.25. The van der Waals surface area contributed by atoms with Crippen LogP contribution < -0.4 is 5.32 Å². The minimum absolute atomic E-state index is 0.361.